The Morgan fingerprint density at radius 2 is 0.974 bits per heavy atom. The van der Waals surface area contributed by atoms with Gasteiger partial charge >= 0.3 is 0 Å². The summed E-state index contributed by atoms with van der Waals surface area (Å²) in [5.41, 5.74) is 5.28. The number of aryl methyl sites for hydroxylation is 2. The van der Waals surface area contributed by atoms with Crippen molar-refractivity contribution in [1.29, 1.82) is 0 Å². The summed E-state index contributed by atoms with van der Waals surface area (Å²) in [5, 5.41) is 0. The standard InChI is InChI=1S/C36H54O3/c1-3-5-7-9-11-13-19-29-23-25-33(31-21-15-17-27-37-35(29)31)39-34-26-24-30(20-14-12-10-8-6-4-2)36-32(34)22-16-18-28-38-36/h23-26H,3-22,27-28H2,1-2H3. The Balaban J connectivity index is 1.49. The molecule has 4 rings (SSSR count). The molecule has 0 amide bonds. The van der Waals surface area contributed by atoms with Crippen molar-refractivity contribution in [3.05, 3.63) is 46.5 Å². The van der Waals surface area contributed by atoms with E-state index in [2.05, 4.69) is 38.1 Å². The van der Waals surface area contributed by atoms with Gasteiger partial charge in [0.05, 0.1) is 13.2 Å². The lowest BCUT2D eigenvalue weighted by Gasteiger charge is -2.20. The second-order valence-electron chi connectivity index (χ2n) is 11.8. The fourth-order valence-electron chi connectivity index (χ4n) is 6.20. The van der Waals surface area contributed by atoms with Crippen molar-refractivity contribution in [3.63, 3.8) is 0 Å². The zero-order valence-electron chi connectivity index (χ0n) is 25.1. The average Bonchev–Trinajstić information content (AvgIpc) is 3.36. The quantitative estimate of drug-likeness (QED) is 0.200. The van der Waals surface area contributed by atoms with Gasteiger partial charge in [0.1, 0.15) is 23.0 Å². The molecular formula is C36H54O3. The molecule has 0 saturated carbocycles. The maximum atomic E-state index is 6.78. The highest BCUT2D eigenvalue weighted by Crippen LogP contribution is 2.42. The summed E-state index contributed by atoms with van der Waals surface area (Å²) in [6, 6.07) is 8.98. The fraction of sp³-hybridized carbons (Fsp3) is 0.667. The second-order valence-corrected chi connectivity index (χ2v) is 11.8. The monoisotopic (exact) mass is 534 g/mol. The number of hydrogen-bond donors (Lipinski definition) is 0. The van der Waals surface area contributed by atoms with Crippen molar-refractivity contribution >= 4 is 0 Å². The Morgan fingerprint density at radius 3 is 1.44 bits per heavy atom. The maximum Gasteiger partial charge on any atom is 0.134 e. The summed E-state index contributed by atoms with van der Waals surface area (Å²) in [6.07, 6.45) is 24.7. The molecule has 3 nitrogen and oxygen atoms in total. The summed E-state index contributed by atoms with van der Waals surface area (Å²) in [7, 11) is 0. The first-order valence-electron chi connectivity index (χ1n) is 16.5. The number of unbranched alkanes of at least 4 members (excludes halogenated alkanes) is 10. The Labute approximate surface area is 239 Å². The Bertz CT molecular complexity index is 916. The molecule has 2 aliphatic rings. The van der Waals surface area contributed by atoms with Gasteiger partial charge in [0.15, 0.2) is 0 Å². The van der Waals surface area contributed by atoms with Crippen LogP contribution in [0.5, 0.6) is 23.0 Å². The van der Waals surface area contributed by atoms with E-state index in [0.29, 0.717) is 0 Å². The van der Waals surface area contributed by atoms with Gasteiger partial charge in [-0.15, -0.1) is 0 Å². The van der Waals surface area contributed by atoms with Gasteiger partial charge in [-0.3, -0.25) is 0 Å². The van der Waals surface area contributed by atoms with Gasteiger partial charge in [0, 0.05) is 11.1 Å². The lowest BCUT2D eigenvalue weighted by atomic mass is 9.98. The van der Waals surface area contributed by atoms with E-state index in [-0.39, 0.29) is 0 Å². The Hall–Kier alpha value is -2.16. The molecule has 2 aromatic carbocycles. The maximum absolute atomic E-state index is 6.78. The number of hydrogen-bond acceptors (Lipinski definition) is 3. The van der Waals surface area contributed by atoms with Crippen molar-refractivity contribution in [2.24, 2.45) is 0 Å². The van der Waals surface area contributed by atoms with Gasteiger partial charge in [0.25, 0.3) is 0 Å². The predicted molar refractivity (Wildman–Crippen MR) is 164 cm³/mol. The second kappa shape index (κ2) is 16.8. The number of rotatable bonds is 16. The van der Waals surface area contributed by atoms with Crippen LogP contribution in [0, 0.1) is 0 Å². The first-order valence-corrected chi connectivity index (χ1v) is 16.5. The van der Waals surface area contributed by atoms with Crippen molar-refractivity contribution in [2.45, 2.75) is 142 Å². The molecular weight excluding hydrogens is 480 g/mol. The summed E-state index contributed by atoms with van der Waals surface area (Å²) in [4.78, 5) is 0. The van der Waals surface area contributed by atoms with Gasteiger partial charge in [-0.2, -0.15) is 0 Å². The Morgan fingerprint density at radius 1 is 0.538 bits per heavy atom. The molecule has 0 bridgehead atoms. The van der Waals surface area contributed by atoms with Gasteiger partial charge < -0.3 is 14.2 Å². The van der Waals surface area contributed by atoms with Crippen LogP contribution < -0.4 is 14.2 Å². The molecule has 0 radical (unpaired) electrons. The summed E-state index contributed by atoms with van der Waals surface area (Å²) < 4.78 is 19.5. The van der Waals surface area contributed by atoms with Crippen LogP contribution in [0.15, 0.2) is 24.3 Å². The normalized spacial score (nSPS) is 14.9. The highest BCUT2D eigenvalue weighted by molar-refractivity contribution is 5.56. The number of ether oxygens (including phenoxy) is 3. The van der Waals surface area contributed by atoms with E-state index in [0.717, 1.165) is 87.6 Å². The summed E-state index contributed by atoms with van der Waals surface area (Å²) >= 11 is 0. The van der Waals surface area contributed by atoms with Crippen molar-refractivity contribution in [1.82, 2.24) is 0 Å². The van der Waals surface area contributed by atoms with Crippen molar-refractivity contribution in [2.75, 3.05) is 13.2 Å². The number of benzene rings is 2. The van der Waals surface area contributed by atoms with Crippen LogP contribution in [0.2, 0.25) is 0 Å². The topological polar surface area (TPSA) is 27.7 Å². The third kappa shape index (κ3) is 8.92. The van der Waals surface area contributed by atoms with Crippen LogP contribution in [-0.2, 0) is 25.7 Å². The molecule has 0 fully saturated rings. The summed E-state index contributed by atoms with van der Waals surface area (Å²) in [5.74, 6) is 4.18. The van der Waals surface area contributed by atoms with Crippen molar-refractivity contribution in [3.8, 4) is 23.0 Å². The van der Waals surface area contributed by atoms with E-state index < -0.39 is 0 Å². The van der Waals surface area contributed by atoms with Crippen LogP contribution in [0.25, 0.3) is 0 Å². The molecule has 0 spiro atoms. The molecule has 0 aliphatic carbocycles. The largest absolute Gasteiger partial charge is 0.493 e. The minimum absolute atomic E-state index is 0.816. The fourth-order valence-corrected chi connectivity index (χ4v) is 6.20. The first kappa shape index (κ1) is 29.8. The van der Waals surface area contributed by atoms with E-state index in [9.17, 15) is 0 Å². The van der Waals surface area contributed by atoms with Crippen LogP contribution in [0.4, 0.5) is 0 Å². The zero-order valence-corrected chi connectivity index (χ0v) is 25.1. The molecule has 2 aromatic rings. The van der Waals surface area contributed by atoms with Crippen LogP contribution in [-0.4, -0.2) is 13.2 Å². The SMILES string of the molecule is CCCCCCCCc1ccc(Oc2ccc(CCCCCCCC)c3c2CCCCO3)c2c1OCCCC2. The minimum atomic E-state index is 0.816. The lowest BCUT2D eigenvalue weighted by Crippen LogP contribution is -2.04. The predicted octanol–water partition coefficient (Wildman–Crippen LogP) is 10.7. The zero-order chi connectivity index (χ0) is 27.1. The average molecular weight is 535 g/mol. The van der Waals surface area contributed by atoms with E-state index in [1.54, 1.807) is 0 Å². The molecule has 0 aromatic heterocycles. The van der Waals surface area contributed by atoms with E-state index >= 15 is 0 Å². The van der Waals surface area contributed by atoms with Gasteiger partial charge in [-0.1, -0.05) is 90.2 Å². The van der Waals surface area contributed by atoms with E-state index in [4.69, 9.17) is 14.2 Å². The van der Waals surface area contributed by atoms with Crippen LogP contribution in [0.1, 0.15) is 139 Å². The molecule has 2 aliphatic heterocycles. The molecule has 2 heterocycles. The Kier molecular flexibility index (Phi) is 12.9. The lowest BCUT2D eigenvalue weighted by molar-refractivity contribution is 0.311. The van der Waals surface area contributed by atoms with Crippen LogP contribution >= 0.6 is 0 Å². The first-order chi connectivity index (χ1) is 19.3. The molecule has 0 unspecified atom stereocenters. The van der Waals surface area contributed by atoms with E-state index in [1.807, 2.05) is 0 Å². The molecule has 216 valence electrons. The van der Waals surface area contributed by atoms with Gasteiger partial charge in [-0.25, -0.2) is 0 Å². The molecule has 39 heavy (non-hydrogen) atoms. The minimum Gasteiger partial charge on any atom is -0.493 e. The van der Waals surface area contributed by atoms with Crippen LogP contribution in [0.3, 0.4) is 0 Å². The van der Waals surface area contributed by atoms with Gasteiger partial charge in [0.2, 0.25) is 0 Å². The van der Waals surface area contributed by atoms with E-state index in [1.165, 1.54) is 99.3 Å². The smallest absolute Gasteiger partial charge is 0.134 e. The molecule has 0 saturated heterocycles. The third-order valence-corrected chi connectivity index (χ3v) is 8.55. The van der Waals surface area contributed by atoms with Crippen molar-refractivity contribution < 1.29 is 14.2 Å². The molecule has 0 N–H and O–H groups in total. The highest BCUT2D eigenvalue weighted by Gasteiger charge is 2.22. The van der Waals surface area contributed by atoms with Gasteiger partial charge in [-0.05, 0) is 87.5 Å². The molecule has 0 atom stereocenters. The third-order valence-electron chi connectivity index (χ3n) is 8.55. The summed E-state index contributed by atoms with van der Waals surface area (Å²) in [6.45, 7) is 6.20. The molecule has 3 heteroatoms. The highest BCUT2D eigenvalue weighted by atomic mass is 16.5. The number of fused-ring (bicyclic) bond motifs is 2.